The van der Waals surface area contributed by atoms with Crippen LogP contribution in [-0.4, -0.2) is 63.0 Å². The van der Waals surface area contributed by atoms with Gasteiger partial charge < -0.3 is 16.3 Å². The molecule has 1 saturated heterocycles. The number of amides is 2. The second kappa shape index (κ2) is 6.27. The summed E-state index contributed by atoms with van der Waals surface area (Å²) in [5.74, 6) is -2.41. The van der Waals surface area contributed by atoms with Crippen molar-refractivity contribution >= 4 is 55.9 Å². The Kier molecular flexibility index (Phi) is 4.74. The number of carbonyl (C=O) groups is 2. The summed E-state index contributed by atoms with van der Waals surface area (Å²) in [7, 11) is -4.78. The molecule has 1 aliphatic heterocycles. The Bertz CT molecular complexity index is 777. The van der Waals surface area contributed by atoms with Gasteiger partial charge in [-0.1, -0.05) is 5.16 Å². The summed E-state index contributed by atoms with van der Waals surface area (Å²) < 4.78 is 31.2. The Morgan fingerprint density at radius 3 is 2.70 bits per heavy atom. The first kappa shape index (κ1) is 17.4. The number of carbonyl (C=O) groups excluding carboxylic acids is 2. The molecule has 23 heavy (non-hydrogen) atoms. The van der Waals surface area contributed by atoms with Gasteiger partial charge in [-0.3, -0.25) is 14.1 Å². The van der Waals surface area contributed by atoms with Gasteiger partial charge in [-0.2, -0.15) is 8.42 Å². The van der Waals surface area contributed by atoms with Gasteiger partial charge in [0.1, 0.15) is 11.7 Å². The third-order valence-electron chi connectivity index (χ3n) is 2.94. The molecule has 0 spiro atoms. The Morgan fingerprint density at radius 1 is 1.61 bits per heavy atom. The molecule has 11 nitrogen and oxygen atoms in total. The molecule has 1 fully saturated rings. The highest BCUT2D eigenvalue weighted by Gasteiger charge is 2.53. The highest BCUT2D eigenvalue weighted by atomic mass is 35.5. The highest BCUT2D eigenvalue weighted by Crippen LogP contribution is 2.24. The van der Waals surface area contributed by atoms with Crippen LogP contribution in [0.3, 0.4) is 0 Å². The van der Waals surface area contributed by atoms with Crippen molar-refractivity contribution in [1.29, 1.82) is 0 Å². The van der Waals surface area contributed by atoms with Crippen LogP contribution in [0.1, 0.15) is 5.69 Å². The van der Waals surface area contributed by atoms with E-state index >= 15 is 0 Å². The van der Waals surface area contributed by atoms with Crippen LogP contribution in [-0.2, 0) is 19.9 Å². The Balaban J connectivity index is 2.16. The van der Waals surface area contributed by atoms with Crippen molar-refractivity contribution < 1.29 is 27.8 Å². The largest absolute Gasteiger partial charge is 0.410 e. The van der Waals surface area contributed by atoms with Gasteiger partial charge in [-0.15, -0.1) is 22.9 Å². The summed E-state index contributed by atoms with van der Waals surface area (Å²) in [6.07, 6.45) is 0. The van der Waals surface area contributed by atoms with E-state index in [2.05, 4.69) is 15.5 Å². The van der Waals surface area contributed by atoms with Crippen LogP contribution >= 0.6 is 22.9 Å². The van der Waals surface area contributed by atoms with Crippen molar-refractivity contribution in [2.24, 2.45) is 5.16 Å². The second-order valence-corrected chi connectivity index (χ2v) is 6.79. The minimum absolute atomic E-state index is 0.0201. The monoisotopic (exact) mass is 383 g/mol. The highest BCUT2D eigenvalue weighted by molar-refractivity contribution is 7.84. The second-order valence-electron chi connectivity index (χ2n) is 4.30. The van der Waals surface area contributed by atoms with Gasteiger partial charge in [0.15, 0.2) is 10.8 Å². The topological polar surface area (TPSA) is 175 Å². The van der Waals surface area contributed by atoms with E-state index in [0.29, 0.717) is 0 Å². The molecule has 0 unspecified atom stereocenters. The fourth-order valence-corrected chi connectivity index (χ4v) is 3.76. The van der Waals surface area contributed by atoms with E-state index in [0.717, 1.165) is 11.3 Å². The fraction of sp³-hybridized carbons (Fsp3) is 0.333. The number of thiazole rings is 1. The number of nitrogens with one attached hydrogen (secondary N) is 1. The van der Waals surface area contributed by atoms with Crippen LogP contribution < -0.4 is 11.1 Å². The Hall–Kier alpha value is -1.96. The molecule has 1 aromatic heterocycles. The number of oxime groups is 1. The number of nitrogens with two attached hydrogens (primary N) is 1. The Morgan fingerprint density at radius 2 is 2.26 bits per heavy atom. The van der Waals surface area contributed by atoms with Crippen molar-refractivity contribution in [2.75, 3.05) is 11.6 Å². The number of rotatable bonds is 5. The molecule has 2 rings (SSSR count). The quantitative estimate of drug-likeness (QED) is 0.120. The molecule has 2 heterocycles. The van der Waals surface area contributed by atoms with Crippen LogP contribution in [0.25, 0.3) is 0 Å². The third kappa shape index (κ3) is 3.21. The number of hydrogen-bond acceptors (Lipinski definition) is 9. The number of nitrogens with zero attached hydrogens (tertiary/aromatic N) is 3. The predicted octanol–water partition coefficient (Wildman–Crippen LogP) is -1.36. The SMILES string of the molecule is Nc1nc(C(=NO)C(=O)N[C@@H]2C(=O)N(S(=O)(=O)O)[C@@H]2CCl)cs1. The summed E-state index contributed by atoms with van der Waals surface area (Å²) in [6, 6.07) is -2.46. The first-order valence-electron chi connectivity index (χ1n) is 5.81. The minimum Gasteiger partial charge on any atom is -0.410 e. The minimum atomic E-state index is -4.78. The molecule has 0 saturated carbocycles. The van der Waals surface area contributed by atoms with Crippen molar-refractivity contribution in [1.82, 2.24) is 14.6 Å². The zero-order chi connectivity index (χ0) is 17.4. The Labute approximate surface area is 138 Å². The molecular formula is C9H10ClN5O6S2. The van der Waals surface area contributed by atoms with Crippen molar-refractivity contribution in [2.45, 2.75) is 12.1 Å². The molecule has 14 heteroatoms. The van der Waals surface area contributed by atoms with E-state index in [9.17, 15) is 18.0 Å². The van der Waals surface area contributed by atoms with Gasteiger partial charge in [0.2, 0.25) is 0 Å². The van der Waals surface area contributed by atoms with E-state index in [1.165, 1.54) is 5.38 Å². The summed E-state index contributed by atoms with van der Waals surface area (Å²) in [6.45, 7) is 0. The predicted molar refractivity (Wildman–Crippen MR) is 79.7 cm³/mol. The normalized spacial score (nSPS) is 21.9. The van der Waals surface area contributed by atoms with E-state index in [-0.39, 0.29) is 21.0 Å². The summed E-state index contributed by atoms with van der Waals surface area (Å²) in [5.41, 5.74) is 4.88. The summed E-state index contributed by atoms with van der Waals surface area (Å²) in [5, 5.41) is 15.4. The standard InChI is InChI=1S/C9H10ClN5O6S2/c10-1-4-6(8(17)15(4)23(19,20)21)13-7(16)5(14-18)3-2-22-9(11)12-3/h2,4,6,18H,1H2,(H2,11,12)(H,13,16)(H,19,20,21)/t4-,6+/m1/s1. The first-order chi connectivity index (χ1) is 10.7. The van der Waals surface area contributed by atoms with Crippen LogP contribution in [0, 0.1) is 0 Å². The summed E-state index contributed by atoms with van der Waals surface area (Å²) >= 11 is 6.55. The van der Waals surface area contributed by atoms with Gasteiger partial charge in [-0.25, -0.2) is 9.29 Å². The smallest absolute Gasteiger partial charge is 0.362 e. The van der Waals surface area contributed by atoms with Crippen LogP contribution in [0.5, 0.6) is 0 Å². The molecule has 0 aliphatic carbocycles. The third-order valence-corrected chi connectivity index (χ3v) is 4.88. The molecule has 5 N–H and O–H groups in total. The molecule has 1 aromatic rings. The van der Waals surface area contributed by atoms with Gasteiger partial charge in [-0.05, 0) is 0 Å². The molecule has 2 amide bonds. The maximum atomic E-state index is 12.0. The number of β-lactam (4-membered cyclic amide) rings is 1. The van der Waals surface area contributed by atoms with Gasteiger partial charge in [0, 0.05) is 11.3 Å². The number of anilines is 1. The zero-order valence-corrected chi connectivity index (χ0v) is 13.5. The average Bonchev–Trinajstić information content (AvgIpc) is 2.87. The lowest BCUT2D eigenvalue weighted by atomic mass is 10.0. The number of nitrogen functional groups attached to an aromatic ring is 1. The lowest BCUT2D eigenvalue weighted by molar-refractivity contribution is -0.143. The van der Waals surface area contributed by atoms with Gasteiger partial charge in [0.05, 0.1) is 6.04 Å². The molecule has 126 valence electrons. The molecule has 2 atom stereocenters. The number of hydrogen-bond donors (Lipinski definition) is 4. The molecule has 0 radical (unpaired) electrons. The van der Waals surface area contributed by atoms with Crippen LogP contribution in [0.2, 0.25) is 0 Å². The van der Waals surface area contributed by atoms with Gasteiger partial charge >= 0.3 is 10.3 Å². The average molecular weight is 384 g/mol. The van der Waals surface area contributed by atoms with E-state index < -0.39 is 39.9 Å². The zero-order valence-electron chi connectivity index (χ0n) is 11.1. The summed E-state index contributed by atoms with van der Waals surface area (Å²) in [4.78, 5) is 27.5. The maximum Gasteiger partial charge on any atom is 0.362 e. The van der Waals surface area contributed by atoms with Gasteiger partial charge in [0.25, 0.3) is 11.8 Å². The van der Waals surface area contributed by atoms with Crippen LogP contribution in [0.4, 0.5) is 5.13 Å². The van der Waals surface area contributed by atoms with Crippen molar-refractivity contribution in [3.63, 3.8) is 0 Å². The molecular weight excluding hydrogens is 374 g/mol. The van der Waals surface area contributed by atoms with Crippen molar-refractivity contribution in [3.8, 4) is 0 Å². The van der Waals surface area contributed by atoms with E-state index in [1.54, 1.807) is 0 Å². The van der Waals surface area contributed by atoms with Crippen molar-refractivity contribution in [3.05, 3.63) is 11.1 Å². The molecule has 0 bridgehead atoms. The molecule has 0 aromatic carbocycles. The maximum absolute atomic E-state index is 12.0. The number of alkyl halides is 1. The molecule has 1 aliphatic rings. The lowest BCUT2D eigenvalue weighted by Gasteiger charge is -2.43. The van der Waals surface area contributed by atoms with Crippen LogP contribution in [0.15, 0.2) is 10.5 Å². The fourth-order valence-electron chi connectivity index (χ4n) is 1.93. The number of aromatic nitrogens is 1. The first-order valence-corrected chi connectivity index (χ1v) is 8.62. The van der Waals surface area contributed by atoms with E-state index in [4.69, 9.17) is 27.1 Å². The lowest BCUT2D eigenvalue weighted by Crippen LogP contribution is -2.73. The number of halogens is 1. The van der Waals surface area contributed by atoms with E-state index in [1.807, 2.05) is 0 Å².